The number of carbonyl (C=O) groups is 1. The van der Waals surface area contributed by atoms with Gasteiger partial charge in [0.2, 0.25) is 0 Å². The standard InChI is InChI=1S/C16H17NO3S/c1-10(11-3-5-13(20-2)6-4-11)17-14(15(18)16(17)19)12-7-8-21-9-12/h3-10,14-15,18H,1-2H3/t10?,14-,15+/m0/s1. The van der Waals surface area contributed by atoms with Crippen molar-refractivity contribution in [1.82, 2.24) is 4.90 Å². The summed E-state index contributed by atoms with van der Waals surface area (Å²) in [7, 11) is 1.63. The molecule has 0 spiro atoms. The zero-order valence-electron chi connectivity index (χ0n) is 11.9. The molecule has 1 aliphatic rings. The Balaban J connectivity index is 1.85. The van der Waals surface area contributed by atoms with Crippen LogP contribution >= 0.6 is 11.3 Å². The lowest BCUT2D eigenvalue weighted by atomic mass is 9.89. The molecule has 3 rings (SSSR count). The summed E-state index contributed by atoms with van der Waals surface area (Å²) in [6, 6.07) is 9.28. The van der Waals surface area contributed by atoms with E-state index in [1.165, 1.54) is 0 Å². The number of nitrogens with zero attached hydrogens (tertiary/aromatic N) is 1. The van der Waals surface area contributed by atoms with Crippen molar-refractivity contribution in [3.8, 4) is 5.75 Å². The molecule has 5 heteroatoms. The number of aliphatic hydroxyl groups excluding tert-OH is 1. The normalized spacial score (nSPS) is 22.8. The van der Waals surface area contributed by atoms with E-state index in [1.54, 1.807) is 23.3 Å². The van der Waals surface area contributed by atoms with Gasteiger partial charge in [-0.3, -0.25) is 4.79 Å². The summed E-state index contributed by atoms with van der Waals surface area (Å²) in [5, 5.41) is 13.9. The number of ether oxygens (including phenoxy) is 1. The fourth-order valence-corrected chi connectivity index (χ4v) is 3.45. The molecule has 1 amide bonds. The molecule has 1 aromatic carbocycles. The van der Waals surface area contributed by atoms with Crippen LogP contribution in [-0.4, -0.2) is 29.1 Å². The van der Waals surface area contributed by atoms with Crippen LogP contribution in [-0.2, 0) is 4.79 Å². The zero-order chi connectivity index (χ0) is 15.0. The Hall–Kier alpha value is -1.85. The molecule has 1 aliphatic heterocycles. The Bertz CT molecular complexity index is 623. The van der Waals surface area contributed by atoms with Crippen LogP contribution in [0.2, 0.25) is 0 Å². The Morgan fingerprint density at radius 3 is 2.57 bits per heavy atom. The number of rotatable bonds is 4. The van der Waals surface area contributed by atoms with Gasteiger partial charge in [0.25, 0.3) is 5.91 Å². The van der Waals surface area contributed by atoms with Crippen LogP contribution in [0.25, 0.3) is 0 Å². The summed E-state index contributed by atoms with van der Waals surface area (Å²) in [5.74, 6) is 0.574. The Morgan fingerprint density at radius 1 is 1.29 bits per heavy atom. The fraction of sp³-hybridized carbons (Fsp3) is 0.312. The highest BCUT2D eigenvalue weighted by Crippen LogP contribution is 2.42. The van der Waals surface area contributed by atoms with Gasteiger partial charge in [0.15, 0.2) is 6.10 Å². The molecule has 2 aromatic rings. The van der Waals surface area contributed by atoms with Crippen molar-refractivity contribution >= 4 is 17.2 Å². The molecule has 1 N–H and O–H groups in total. The molecule has 1 unspecified atom stereocenters. The summed E-state index contributed by atoms with van der Waals surface area (Å²) >= 11 is 1.57. The molecule has 4 nitrogen and oxygen atoms in total. The lowest BCUT2D eigenvalue weighted by Crippen LogP contribution is -2.59. The molecule has 1 fully saturated rings. The second-order valence-corrected chi connectivity index (χ2v) is 5.92. The first-order valence-electron chi connectivity index (χ1n) is 6.79. The predicted octanol–water partition coefficient (Wildman–Crippen LogP) is 2.76. The zero-order valence-corrected chi connectivity index (χ0v) is 12.7. The number of aliphatic hydroxyl groups is 1. The number of thiophene rings is 1. The Morgan fingerprint density at radius 2 is 2.00 bits per heavy atom. The van der Waals surface area contributed by atoms with E-state index in [2.05, 4.69) is 0 Å². The first kappa shape index (κ1) is 14.1. The van der Waals surface area contributed by atoms with Crippen molar-refractivity contribution in [2.45, 2.75) is 25.1 Å². The highest BCUT2D eigenvalue weighted by atomic mass is 32.1. The number of hydrogen-bond acceptors (Lipinski definition) is 4. The van der Waals surface area contributed by atoms with Crippen molar-refractivity contribution in [3.05, 3.63) is 52.2 Å². The second-order valence-electron chi connectivity index (χ2n) is 5.14. The summed E-state index contributed by atoms with van der Waals surface area (Å²) < 4.78 is 5.15. The molecule has 0 radical (unpaired) electrons. The van der Waals surface area contributed by atoms with E-state index in [4.69, 9.17) is 4.74 Å². The van der Waals surface area contributed by atoms with Crippen LogP contribution in [0.4, 0.5) is 0 Å². The van der Waals surface area contributed by atoms with E-state index in [1.807, 2.05) is 48.0 Å². The number of likely N-dealkylation sites (tertiary alicyclic amines) is 1. The highest BCUT2D eigenvalue weighted by molar-refractivity contribution is 7.08. The number of methoxy groups -OCH3 is 1. The first-order valence-corrected chi connectivity index (χ1v) is 7.74. The molecule has 0 saturated carbocycles. The molecule has 110 valence electrons. The maximum Gasteiger partial charge on any atom is 0.255 e. The van der Waals surface area contributed by atoms with Crippen LogP contribution in [0, 0.1) is 0 Å². The summed E-state index contributed by atoms with van der Waals surface area (Å²) in [4.78, 5) is 13.8. The largest absolute Gasteiger partial charge is 0.497 e. The van der Waals surface area contributed by atoms with Gasteiger partial charge in [-0.25, -0.2) is 0 Å². The highest BCUT2D eigenvalue weighted by Gasteiger charge is 2.49. The average molecular weight is 303 g/mol. The Labute approximate surface area is 127 Å². The summed E-state index contributed by atoms with van der Waals surface area (Å²) in [6.45, 7) is 1.98. The summed E-state index contributed by atoms with van der Waals surface area (Å²) in [5.41, 5.74) is 2.02. The molecule has 0 bridgehead atoms. The summed E-state index contributed by atoms with van der Waals surface area (Å²) in [6.07, 6.45) is -0.930. The van der Waals surface area contributed by atoms with E-state index >= 15 is 0 Å². The molecular weight excluding hydrogens is 286 g/mol. The number of amides is 1. The van der Waals surface area contributed by atoms with Crippen molar-refractivity contribution < 1.29 is 14.6 Å². The van der Waals surface area contributed by atoms with Crippen LogP contribution in [0.3, 0.4) is 0 Å². The van der Waals surface area contributed by atoms with Gasteiger partial charge < -0.3 is 14.7 Å². The van der Waals surface area contributed by atoms with Gasteiger partial charge in [-0.05, 0) is 47.0 Å². The lowest BCUT2D eigenvalue weighted by molar-refractivity contribution is -0.172. The second kappa shape index (κ2) is 5.50. The molecule has 21 heavy (non-hydrogen) atoms. The van der Waals surface area contributed by atoms with Crippen LogP contribution in [0.1, 0.15) is 30.1 Å². The minimum atomic E-state index is -0.930. The number of β-lactam (4-membered cyclic amide) rings is 1. The van der Waals surface area contributed by atoms with Gasteiger partial charge in [-0.1, -0.05) is 12.1 Å². The van der Waals surface area contributed by atoms with Gasteiger partial charge >= 0.3 is 0 Å². The van der Waals surface area contributed by atoms with Gasteiger partial charge in [-0.2, -0.15) is 11.3 Å². The third-order valence-corrected chi connectivity index (χ3v) is 4.71. The van der Waals surface area contributed by atoms with Gasteiger partial charge in [-0.15, -0.1) is 0 Å². The van der Waals surface area contributed by atoms with E-state index in [-0.39, 0.29) is 18.0 Å². The van der Waals surface area contributed by atoms with Crippen LogP contribution in [0.5, 0.6) is 5.75 Å². The molecule has 0 aliphatic carbocycles. The first-order chi connectivity index (χ1) is 10.1. The molecule has 3 atom stereocenters. The van der Waals surface area contributed by atoms with Crippen LogP contribution < -0.4 is 4.74 Å². The SMILES string of the molecule is COc1ccc(C(C)N2C(=O)[C@H](O)[C@@H]2c2ccsc2)cc1. The van der Waals surface area contributed by atoms with Gasteiger partial charge in [0, 0.05) is 0 Å². The van der Waals surface area contributed by atoms with Crippen molar-refractivity contribution in [3.63, 3.8) is 0 Å². The maximum absolute atomic E-state index is 12.1. The van der Waals surface area contributed by atoms with E-state index < -0.39 is 6.10 Å². The number of carbonyl (C=O) groups excluding carboxylic acids is 1. The van der Waals surface area contributed by atoms with E-state index in [9.17, 15) is 9.90 Å². The van der Waals surface area contributed by atoms with Crippen molar-refractivity contribution in [2.24, 2.45) is 0 Å². The smallest absolute Gasteiger partial charge is 0.255 e. The maximum atomic E-state index is 12.1. The third kappa shape index (κ3) is 2.32. The van der Waals surface area contributed by atoms with E-state index in [0.717, 1.165) is 16.9 Å². The number of benzene rings is 1. The Kier molecular flexibility index (Phi) is 3.69. The van der Waals surface area contributed by atoms with Gasteiger partial charge in [0.05, 0.1) is 19.2 Å². The number of hydrogen-bond donors (Lipinski definition) is 1. The monoisotopic (exact) mass is 303 g/mol. The lowest BCUT2D eigenvalue weighted by Gasteiger charge is -2.48. The molecular formula is C16H17NO3S. The quantitative estimate of drug-likeness (QED) is 0.884. The van der Waals surface area contributed by atoms with Gasteiger partial charge in [0.1, 0.15) is 5.75 Å². The van der Waals surface area contributed by atoms with E-state index in [0.29, 0.717) is 0 Å². The van der Waals surface area contributed by atoms with Crippen LogP contribution in [0.15, 0.2) is 41.1 Å². The topological polar surface area (TPSA) is 49.8 Å². The molecule has 1 aromatic heterocycles. The molecule has 1 saturated heterocycles. The molecule has 2 heterocycles. The minimum absolute atomic E-state index is 0.0864. The fourth-order valence-electron chi connectivity index (χ4n) is 2.76. The van der Waals surface area contributed by atoms with Crippen molar-refractivity contribution in [2.75, 3.05) is 7.11 Å². The van der Waals surface area contributed by atoms with Crippen molar-refractivity contribution in [1.29, 1.82) is 0 Å². The predicted molar refractivity (Wildman–Crippen MR) is 81.3 cm³/mol. The minimum Gasteiger partial charge on any atom is -0.497 e. The third-order valence-electron chi connectivity index (χ3n) is 4.01. The average Bonchev–Trinajstić information content (AvgIpc) is 3.04.